The van der Waals surface area contributed by atoms with Crippen LogP contribution in [-0.2, 0) is 15.7 Å². The van der Waals surface area contributed by atoms with Crippen molar-refractivity contribution in [1.29, 1.82) is 0 Å². The van der Waals surface area contributed by atoms with Gasteiger partial charge in [-0.05, 0) is 10.6 Å². The molecule has 2 rings (SSSR count). The van der Waals surface area contributed by atoms with Crippen LogP contribution in [0.4, 0.5) is 0 Å². The smallest absolute Gasteiger partial charge is 0.137 e. The molecule has 0 saturated heterocycles. The molecule has 0 spiro atoms. The Bertz CT molecular complexity index is 283. The third-order valence-electron chi connectivity index (χ3n) is 1.53. The first-order valence-electron chi connectivity index (χ1n) is 3.06. The zero-order valence-corrected chi connectivity index (χ0v) is 6.17. The average molecular weight is 153 g/mol. The van der Waals surface area contributed by atoms with Gasteiger partial charge in [-0.3, -0.25) is 0 Å². The molecule has 0 bridgehead atoms. The van der Waals surface area contributed by atoms with Gasteiger partial charge in [-0.15, -0.1) is 4.52 Å². The number of rotatable bonds is 0. The van der Waals surface area contributed by atoms with Crippen molar-refractivity contribution in [3.05, 3.63) is 29.8 Å². The lowest BCUT2D eigenvalue weighted by molar-refractivity contribution is 0.338. The standard InChI is InChI=1S/C7H6O2P/c8-10-7-4-2-1-3-6(7)5-9-10/h1-4H,5H2/q+1. The lowest BCUT2D eigenvalue weighted by Gasteiger charge is -1.82. The molecule has 0 amide bonds. The third kappa shape index (κ3) is 0.772. The Hall–Kier alpha value is -0.720. The molecule has 10 heavy (non-hydrogen) atoms. The minimum Gasteiger partial charge on any atom is -0.137 e. The number of hydrogen-bond acceptors (Lipinski definition) is 2. The Kier molecular flexibility index (Phi) is 1.30. The van der Waals surface area contributed by atoms with E-state index in [1.165, 1.54) is 0 Å². The first kappa shape index (κ1) is 6.02. The molecule has 50 valence electrons. The fourth-order valence-electron chi connectivity index (χ4n) is 1.01. The van der Waals surface area contributed by atoms with E-state index >= 15 is 0 Å². The topological polar surface area (TPSA) is 26.3 Å². The molecule has 1 unspecified atom stereocenters. The maximum absolute atomic E-state index is 11.0. The van der Waals surface area contributed by atoms with E-state index in [1.807, 2.05) is 24.3 Å². The van der Waals surface area contributed by atoms with Gasteiger partial charge in [0.25, 0.3) is 0 Å². The van der Waals surface area contributed by atoms with Gasteiger partial charge in [0.15, 0.2) is 0 Å². The van der Waals surface area contributed by atoms with Crippen LogP contribution < -0.4 is 5.30 Å². The molecule has 1 atom stereocenters. The second-order valence-electron chi connectivity index (χ2n) is 2.16. The summed E-state index contributed by atoms with van der Waals surface area (Å²) >= 11 is 0. The number of benzene rings is 1. The van der Waals surface area contributed by atoms with Crippen LogP contribution in [-0.4, -0.2) is 0 Å². The van der Waals surface area contributed by atoms with E-state index in [-0.39, 0.29) is 0 Å². The van der Waals surface area contributed by atoms with Crippen molar-refractivity contribution in [2.24, 2.45) is 0 Å². The molecule has 1 aliphatic heterocycles. The minimum atomic E-state index is -1.53. The first-order chi connectivity index (χ1) is 4.88. The second-order valence-corrected chi connectivity index (χ2v) is 3.41. The highest BCUT2D eigenvalue weighted by Crippen LogP contribution is 2.31. The lowest BCUT2D eigenvalue weighted by atomic mass is 10.2. The summed E-state index contributed by atoms with van der Waals surface area (Å²) < 4.78 is 15.9. The maximum atomic E-state index is 11.0. The highest BCUT2D eigenvalue weighted by molar-refractivity contribution is 7.48. The normalized spacial score (nSPS) is 19.0. The highest BCUT2D eigenvalue weighted by atomic mass is 31.1. The van der Waals surface area contributed by atoms with Gasteiger partial charge in [0, 0.05) is 5.56 Å². The van der Waals surface area contributed by atoms with Gasteiger partial charge in [0.05, 0.1) is 0 Å². The molecule has 0 fully saturated rings. The molecule has 1 aliphatic rings. The minimum absolute atomic E-state index is 0.505. The molecular formula is C7H6O2P+. The predicted molar refractivity (Wildman–Crippen MR) is 38.5 cm³/mol. The molecule has 1 aromatic rings. The van der Waals surface area contributed by atoms with Crippen LogP contribution in [0.25, 0.3) is 0 Å². The van der Waals surface area contributed by atoms with Crippen LogP contribution in [0.15, 0.2) is 24.3 Å². The summed E-state index contributed by atoms with van der Waals surface area (Å²) in [5, 5.41) is 0.859. The lowest BCUT2D eigenvalue weighted by Crippen LogP contribution is -1.94. The van der Waals surface area contributed by atoms with Crippen LogP contribution >= 0.6 is 8.03 Å². The Morgan fingerprint density at radius 1 is 1.40 bits per heavy atom. The summed E-state index contributed by atoms with van der Waals surface area (Å²) in [7, 11) is -1.53. The largest absolute Gasteiger partial charge is 0.549 e. The van der Waals surface area contributed by atoms with E-state index < -0.39 is 8.03 Å². The summed E-state index contributed by atoms with van der Waals surface area (Å²) in [6.45, 7) is 0.505. The van der Waals surface area contributed by atoms with Crippen LogP contribution in [0.5, 0.6) is 0 Å². The first-order valence-corrected chi connectivity index (χ1v) is 4.24. The molecule has 0 N–H and O–H groups in total. The van der Waals surface area contributed by atoms with Gasteiger partial charge in [0.1, 0.15) is 6.61 Å². The second kappa shape index (κ2) is 2.15. The molecule has 0 saturated carbocycles. The van der Waals surface area contributed by atoms with Gasteiger partial charge in [0.2, 0.25) is 5.30 Å². The van der Waals surface area contributed by atoms with Gasteiger partial charge in [-0.1, -0.05) is 18.2 Å². The predicted octanol–water partition coefficient (Wildman–Crippen LogP) is 1.58. The fourth-order valence-corrected chi connectivity index (χ4v) is 1.99. The average Bonchev–Trinajstić information content (AvgIpc) is 2.34. The molecule has 3 heteroatoms. The van der Waals surface area contributed by atoms with Gasteiger partial charge >= 0.3 is 8.03 Å². The molecular weight excluding hydrogens is 147 g/mol. The quantitative estimate of drug-likeness (QED) is 0.529. The molecule has 0 aliphatic carbocycles. The summed E-state index contributed by atoms with van der Waals surface area (Å²) in [5.74, 6) is 0. The van der Waals surface area contributed by atoms with Crippen molar-refractivity contribution in [2.75, 3.05) is 0 Å². The molecule has 2 nitrogen and oxygen atoms in total. The number of fused-ring (bicyclic) bond motifs is 1. The summed E-state index contributed by atoms with van der Waals surface area (Å²) in [6, 6.07) is 7.59. The molecule has 0 radical (unpaired) electrons. The van der Waals surface area contributed by atoms with E-state index in [9.17, 15) is 4.57 Å². The molecule has 1 heterocycles. The summed E-state index contributed by atoms with van der Waals surface area (Å²) in [4.78, 5) is 0. The van der Waals surface area contributed by atoms with Crippen LogP contribution in [0.2, 0.25) is 0 Å². The van der Waals surface area contributed by atoms with E-state index in [1.54, 1.807) is 0 Å². The van der Waals surface area contributed by atoms with E-state index in [0.29, 0.717) is 6.61 Å². The van der Waals surface area contributed by atoms with Crippen molar-refractivity contribution in [1.82, 2.24) is 0 Å². The van der Waals surface area contributed by atoms with Crippen molar-refractivity contribution in [3.63, 3.8) is 0 Å². The van der Waals surface area contributed by atoms with Crippen molar-refractivity contribution >= 4 is 13.3 Å². The van der Waals surface area contributed by atoms with Crippen LogP contribution in [0, 0.1) is 0 Å². The Labute approximate surface area is 59.7 Å². The van der Waals surface area contributed by atoms with Gasteiger partial charge < -0.3 is 0 Å². The Morgan fingerprint density at radius 2 is 2.20 bits per heavy atom. The zero-order valence-electron chi connectivity index (χ0n) is 5.28. The fraction of sp³-hybridized carbons (Fsp3) is 0.143. The molecule has 0 aromatic heterocycles. The number of hydrogen-bond donors (Lipinski definition) is 0. The summed E-state index contributed by atoms with van der Waals surface area (Å²) in [5.41, 5.74) is 1.06. The van der Waals surface area contributed by atoms with E-state index in [0.717, 1.165) is 10.9 Å². The van der Waals surface area contributed by atoms with Crippen molar-refractivity contribution < 1.29 is 9.09 Å². The van der Waals surface area contributed by atoms with Crippen molar-refractivity contribution in [2.45, 2.75) is 6.61 Å². The van der Waals surface area contributed by atoms with Crippen molar-refractivity contribution in [3.8, 4) is 0 Å². The monoisotopic (exact) mass is 153 g/mol. The van der Waals surface area contributed by atoms with Crippen LogP contribution in [0.1, 0.15) is 5.56 Å². The van der Waals surface area contributed by atoms with Gasteiger partial charge in [-0.25, -0.2) is 0 Å². The highest BCUT2D eigenvalue weighted by Gasteiger charge is 2.33. The van der Waals surface area contributed by atoms with E-state index in [2.05, 4.69) is 0 Å². The Morgan fingerprint density at radius 3 is 3.00 bits per heavy atom. The maximum Gasteiger partial charge on any atom is 0.549 e. The zero-order chi connectivity index (χ0) is 6.97. The van der Waals surface area contributed by atoms with E-state index in [4.69, 9.17) is 4.52 Å². The summed E-state index contributed by atoms with van der Waals surface area (Å²) in [6.07, 6.45) is 0. The molecule has 1 aromatic carbocycles. The third-order valence-corrected chi connectivity index (χ3v) is 2.72. The van der Waals surface area contributed by atoms with Crippen LogP contribution in [0.3, 0.4) is 0 Å². The van der Waals surface area contributed by atoms with Gasteiger partial charge in [-0.2, -0.15) is 0 Å². The SMILES string of the molecule is O=[P+]1OCc2ccccc21. The Balaban J connectivity index is 2.61.